The normalized spacial score (nSPS) is 10.9. The summed E-state index contributed by atoms with van der Waals surface area (Å²) in [5.74, 6) is 3.71. The Balaban J connectivity index is 0.935. The number of nitrogens with zero attached hydrogens (tertiary/aromatic N) is 6. The number of nitrogens with one attached hydrogen (secondary N) is 2. The van der Waals surface area contributed by atoms with Crippen LogP contribution in [-0.4, -0.2) is 54.3 Å². The van der Waals surface area contributed by atoms with Crippen molar-refractivity contribution in [3.05, 3.63) is 168 Å². The molecule has 2 heterocycles. The maximum absolute atomic E-state index is 9.41. The molecule has 64 heavy (non-hydrogen) atoms. The Bertz CT molecular complexity index is 2470. The van der Waals surface area contributed by atoms with Crippen LogP contribution in [0.5, 0.6) is 58.5 Å². The molecule has 0 unspecified atom stereocenters. The van der Waals surface area contributed by atoms with Gasteiger partial charge in [0.1, 0.15) is 34.5 Å². The summed E-state index contributed by atoms with van der Waals surface area (Å²) >= 11 is 0. The Labute approximate surface area is 367 Å². The lowest BCUT2D eigenvalue weighted by Crippen LogP contribution is -2.04. The summed E-state index contributed by atoms with van der Waals surface area (Å²) in [6, 6.07) is 43.4. The van der Waals surface area contributed by atoms with E-state index >= 15 is 0 Å². The predicted molar refractivity (Wildman–Crippen MR) is 239 cm³/mol. The second-order valence-electron chi connectivity index (χ2n) is 13.6. The molecule has 4 N–H and O–H groups in total. The first-order valence-corrected chi connectivity index (χ1v) is 19.7. The van der Waals surface area contributed by atoms with Gasteiger partial charge in [-0.05, 0) is 119 Å². The van der Waals surface area contributed by atoms with Crippen molar-refractivity contribution in [2.75, 3.05) is 24.9 Å². The number of ether oxygens (including phenoxy) is 6. The van der Waals surface area contributed by atoms with Gasteiger partial charge in [0.15, 0.2) is 0 Å². The zero-order valence-electron chi connectivity index (χ0n) is 34.5. The van der Waals surface area contributed by atoms with Gasteiger partial charge in [0.25, 0.3) is 0 Å². The highest BCUT2D eigenvalue weighted by molar-refractivity contribution is 5.72. The molecule has 0 amide bonds. The highest BCUT2D eigenvalue weighted by Crippen LogP contribution is 2.29. The number of aliphatic hydroxyl groups is 2. The fourth-order valence-electron chi connectivity index (χ4n) is 5.81. The fraction of sp³-hybridized carbons (Fsp3) is 0.0833. The van der Waals surface area contributed by atoms with Crippen LogP contribution in [0.4, 0.5) is 23.3 Å². The standard InChI is InChI=1S/C48H40N8O8/c1-59-37-21-25-41(26-22-37)63-47-53-44(54-48(56-47)64-42-27-23-38(60-2)24-28-42)50-36-15-7-32(8-16-36)4-3-31-5-13-35(14-6-31)49-43-51-45(61-39-17-9-33(29-57)10-18-39)55-46(52-43)62-40-19-11-34(30-58)12-20-40/h3-28,57-58H,29-30H2,1-2H3,(H,49,51,52,55)(H,50,53,54,56). The quantitative estimate of drug-likeness (QED) is 0.0594. The molecule has 320 valence electrons. The number of anilines is 4. The third-order valence-electron chi connectivity index (χ3n) is 9.16. The summed E-state index contributed by atoms with van der Waals surface area (Å²) in [5.41, 5.74) is 4.82. The van der Waals surface area contributed by atoms with E-state index in [1.54, 1.807) is 111 Å². The molecular formula is C48H40N8O8. The van der Waals surface area contributed by atoms with Gasteiger partial charge >= 0.3 is 24.0 Å². The van der Waals surface area contributed by atoms with Crippen LogP contribution in [0.25, 0.3) is 12.2 Å². The molecule has 2 aromatic heterocycles. The Morgan fingerprint density at radius 2 is 0.656 bits per heavy atom. The number of aromatic nitrogens is 6. The van der Waals surface area contributed by atoms with Crippen LogP contribution in [0.1, 0.15) is 22.3 Å². The van der Waals surface area contributed by atoms with Crippen molar-refractivity contribution in [2.24, 2.45) is 0 Å². The predicted octanol–water partition coefficient (Wildman–Crippen LogP) is 9.89. The lowest BCUT2D eigenvalue weighted by molar-refractivity contribution is 0.281. The summed E-state index contributed by atoms with van der Waals surface area (Å²) in [7, 11) is 3.19. The van der Waals surface area contributed by atoms with E-state index in [1.807, 2.05) is 60.7 Å². The average Bonchev–Trinajstić information content (AvgIpc) is 3.32. The van der Waals surface area contributed by atoms with Gasteiger partial charge < -0.3 is 49.3 Å². The van der Waals surface area contributed by atoms with E-state index in [2.05, 4.69) is 40.5 Å². The first kappa shape index (κ1) is 42.1. The molecule has 0 atom stereocenters. The minimum Gasteiger partial charge on any atom is -0.497 e. The van der Waals surface area contributed by atoms with Crippen molar-refractivity contribution >= 4 is 35.4 Å². The van der Waals surface area contributed by atoms with Crippen molar-refractivity contribution < 1.29 is 38.6 Å². The molecule has 16 nitrogen and oxygen atoms in total. The Hall–Kier alpha value is -8.60. The highest BCUT2D eigenvalue weighted by atomic mass is 16.5. The van der Waals surface area contributed by atoms with Crippen LogP contribution >= 0.6 is 0 Å². The summed E-state index contributed by atoms with van der Waals surface area (Å²) in [6.45, 7) is -0.180. The first-order valence-electron chi connectivity index (χ1n) is 19.7. The molecule has 0 aliphatic heterocycles. The van der Waals surface area contributed by atoms with Gasteiger partial charge in [-0.1, -0.05) is 60.7 Å². The minimum absolute atomic E-state index is 0.00251. The fourth-order valence-corrected chi connectivity index (χ4v) is 5.81. The SMILES string of the molecule is COc1ccc(Oc2nc(Nc3ccc(C=Cc4ccc(Nc5nc(Oc6ccc(CO)cc6)nc(Oc6ccc(CO)cc6)n5)cc4)cc3)nc(Oc3ccc(OC)cc3)n2)cc1. The van der Waals surface area contributed by atoms with E-state index in [0.29, 0.717) is 40.2 Å². The van der Waals surface area contributed by atoms with E-state index in [9.17, 15) is 10.2 Å². The molecule has 6 aromatic carbocycles. The average molecular weight is 857 g/mol. The number of hydrogen-bond donors (Lipinski definition) is 4. The van der Waals surface area contributed by atoms with Gasteiger partial charge in [-0.3, -0.25) is 0 Å². The van der Waals surface area contributed by atoms with Crippen molar-refractivity contribution in [1.29, 1.82) is 0 Å². The number of hydrogen-bond acceptors (Lipinski definition) is 16. The molecule has 0 bridgehead atoms. The van der Waals surface area contributed by atoms with Gasteiger partial charge in [0.05, 0.1) is 27.4 Å². The molecular weight excluding hydrogens is 817 g/mol. The molecule has 8 aromatic rings. The van der Waals surface area contributed by atoms with E-state index in [1.165, 1.54) is 0 Å². The maximum atomic E-state index is 9.41. The van der Waals surface area contributed by atoms with E-state index in [0.717, 1.165) is 27.9 Å². The zero-order valence-corrected chi connectivity index (χ0v) is 34.5. The molecule has 0 fully saturated rings. The van der Waals surface area contributed by atoms with E-state index in [-0.39, 0.29) is 49.2 Å². The molecule has 0 saturated carbocycles. The van der Waals surface area contributed by atoms with E-state index in [4.69, 9.17) is 28.4 Å². The van der Waals surface area contributed by atoms with Gasteiger partial charge in [0.2, 0.25) is 11.9 Å². The second-order valence-corrected chi connectivity index (χ2v) is 13.6. The highest BCUT2D eigenvalue weighted by Gasteiger charge is 2.14. The monoisotopic (exact) mass is 856 g/mol. The van der Waals surface area contributed by atoms with Crippen molar-refractivity contribution in [2.45, 2.75) is 13.2 Å². The summed E-state index contributed by atoms with van der Waals surface area (Å²) in [5, 5.41) is 25.2. The molecule has 0 saturated heterocycles. The van der Waals surface area contributed by atoms with Gasteiger partial charge in [0, 0.05) is 11.4 Å². The second kappa shape index (κ2) is 20.3. The summed E-state index contributed by atoms with van der Waals surface area (Å²) in [6.07, 6.45) is 3.99. The molecule has 0 aliphatic rings. The Morgan fingerprint density at radius 3 is 0.938 bits per heavy atom. The first-order chi connectivity index (χ1) is 31.4. The number of rotatable bonds is 18. The molecule has 0 radical (unpaired) electrons. The van der Waals surface area contributed by atoms with Crippen LogP contribution in [-0.2, 0) is 13.2 Å². The lowest BCUT2D eigenvalue weighted by atomic mass is 10.1. The van der Waals surface area contributed by atoms with Crippen molar-refractivity contribution in [1.82, 2.24) is 29.9 Å². The van der Waals surface area contributed by atoms with Gasteiger partial charge in [-0.25, -0.2) is 0 Å². The van der Waals surface area contributed by atoms with Crippen molar-refractivity contribution in [3.8, 4) is 58.5 Å². The smallest absolute Gasteiger partial charge is 0.330 e. The Morgan fingerprint density at radius 1 is 0.375 bits per heavy atom. The van der Waals surface area contributed by atoms with Crippen LogP contribution in [0, 0.1) is 0 Å². The molecule has 16 heteroatoms. The molecule has 8 rings (SSSR count). The number of aliphatic hydroxyl groups excluding tert-OH is 2. The van der Waals surface area contributed by atoms with Crippen LogP contribution < -0.4 is 39.1 Å². The maximum Gasteiger partial charge on any atom is 0.330 e. The molecule has 0 spiro atoms. The largest absolute Gasteiger partial charge is 0.497 e. The Kier molecular flexibility index (Phi) is 13.4. The lowest BCUT2D eigenvalue weighted by Gasteiger charge is -2.11. The van der Waals surface area contributed by atoms with Gasteiger partial charge in [-0.2, -0.15) is 19.9 Å². The van der Waals surface area contributed by atoms with E-state index < -0.39 is 0 Å². The van der Waals surface area contributed by atoms with Crippen LogP contribution in [0.2, 0.25) is 0 Å². The van der Waals surface area contributed by atoms with Gasteiger partial charge in [-0.15, -0.1) is 9.97 Å². The third kappa shape index (κ3) is 11.6. The zero-order chi connectivity index (χ0) is 44.1. The third-order valence-corrected chi connectivity index (χ3v) is 9.16. The minimum atomic E-state index is -0.0900. The number of benzene rings is 6. The summed E-state index contributed by atoms with van der Waals surface area (Å²) < 4.78 is 34.3. The van der Waals surface area contributed by atoms with Crippen molar-refractivity contribution in [3.63, 3.8) is 0 Å². The van der Waals surface area contributed by atoms with Crippen LogP contribution in [0.15, 0.2) is 146 Å². The van der Waals surface area contributed by atoms with Crippen LogP contribution in [0.3, 0.4) is 0 Å². The molecule has 0 aliphatic carbocycles. The number of methoxy groups -OCH3 is 2. The summed E-state index contributed by atoms with van der Waals surface area (Å²) in [4.78, 5) is 26.6. The topological polar surface area (TPSA) is 197 Å².